The van der Waals surface area contributed by atoms with E-state index in [1.165, 1.54) is 16.4 Å². The second-order valence-electron chi connectivity index (χ2n) is 30.5. The number of hydrogen-bond donors (Lipinski definition) is 6. The molecule has 3 aliphatic heterocycles. The van der Waals surface area contributed by atoms with Crippen LogP contribution in [0.4, 0.5) is 22.2 Å². The maximum absolute atomic E-state index is 15.4. The maximum atomic E-state index is 15.4. The van der Waals surface area contributed by atoms with Crippen molar-refractivity contribution in [3.05, 3.63) is 104 Å². The van der Waals surface area contributed by atoms with Crippen molar-refractivity contribution >= 4 is 81.0 Å². The summed E-state index contributed by atoms with van der Waals surface area (Å²) in [7, 11) is -8.93. The van der Waals surface area contributed by atoms with Crippen LogP contribution in [-0.2, 0) is 30.1 Å². The topological polar surface area (TPSA) is 317 Å². The van der Waals surface area contributed by atoms with Crippen LogP contribution < -0.4 is 16.0 Å². The Labute approximate surface area is 646 Å². The SMILES string of the molecule is CCCCNc1ncc2c(-c3ccc(S(=O)(=O)N4CCCCC4)cc3)cn(C3CCC(O)CC3)c2n1.CCCCNc1ncc2c(-c3ccc(S(=O)(=O)N4CCCCC4)cc3)nn(C3CCC(O)CC3)c2n1.CCCCNc1ncc2c(-c3ccc(S(=O)(=O)N4CCN(C)CC4)c(F)c3)cn(C3CCC(O)CC3)c2n1. The van der Waals surface area contributed by atoms with Gasteiger partial charge in [-0.25, -0.2) is 49.3 Å². The highest BCUT2D eigenvalue weighted by atomic mass is 32.2. The molecule has 3 aromatic carbocycles. The van der Waals surface area contributed by atoms with Crippen LogP contribution >= 0.6 is 0 Å². The van der Waals surface area contributed by atoms with Gasteiger partial charge in [0.05, 0.1) is 39.5 Å². The number of aromatic nitrogens is 10. The number of fused-ring (bicyclic) bond motifs is 3. The fourth-order valence-corrected chi connectivity index (χ4v) is 20.5. The first-order chi connectivity index (χ1) is 53.2. The quantitative estimate of drug-likeness (QED) is 0.0306. The van der Waals surface area contributed by atoms with E-state index in [0.717, 1.165) is 235 Å². The number of sulfonamides is 3. The Morgan fingerprint density at radius 2 is 0.818 bits per heavy atom. The Hall–Kier alpha value is -7.65. The first-order valence-electron chi connectivity index (χ1n) is 40.2. The minimum absolute atomic E-state index is 0.154. The molecule has 6 N–H and O–H groups in total. The molecule has 3 saturated carbocycles. The maximum Gasteiger partial charge on any atom is 0.246 e. The Kier molecular flexibility index (Phi) is 26.6. The van der Waals surface area contributed by atoms with Gasteiger partial charge in [-0.15, -0.1) is 0 Å². The summed E-state index contributed by atoms with van der Waals surface area (Å²) in [5.74, 6) is 0.998. The van der Waals surface area contributed by atoms with Crippen molar-refractivity contribution in [2.75, 3.05) is 95.0 Å². The molecule has 6 aliphatic rings. The second kappa shape index (κ2) is 36.4. The highest BCUT2D eigenvalue weighted by Crippen LogP contribution is 2.41. The molecule has 30 heteroatoms. The van der Waals surface area contributed by atoms with Crippen LogP contribution in [0.15, 0.2) is 112 Å². The van der Waals surface area contributed by atoms with Crippen molar-refractivity contribution in [2.24, 2.45) is 0 Å². The van der Waals surface area contributed by atoms with Crippen molar-refractivity contribution in [3.63, 3.8) is 0 Å². The molecule has 9 heterocycles. The monoisotopic (exact) mass is 1570 g/mol. The summed E-state index contributed by atoms with van der Waals surface area (Å²) in [4.78, 5) is 30.5. The van der Waals surface area contributed by atoms with Crippen LogP contribution in [0.2, 0.25) is 0 Å². The summed E-state index contributed by atoms with van der Waals surface area (Å²) < 4.78 is 105. The minimum atomic E-state index is -3.92. The summed E-state index contributed by atoms with van der Waals surface area (Å²) in [6.07, 6.45) is 30.6. The van der Waals surface area contributed by atoms with Gasteiger partial charge >= 0.3 is 0 Å². The van der Waals surface area contributed by atoms with E-state index < -0.39 is 35.9 Å². The van der Waals surface area contributed by atoms with Gasteiger partial charge in [0.25, 0.3) is 0 Å². The van der Waals surface area contributed by atoms with Crippen LogP contribution in [0.25, 0.3) is 66.6 Å². The molecule has 0 amide bonds. The minimum Gasteiger partial charge on any atom is -0.393 e. The smallest absolute Gasteiger partial charge is 0.246 e. The van der Waals surface area contributed by atoms with Gasteiger partial charge in [0.15, 0.2) is 5.65 Å². The first kappa shape index (κ1) is 80.4. The van der Waals surface area contributed by atoms with Gasteiger partial charge in [-0.2, -0.15) is 33.0 Å². The molecular formula is C80H110FN17O9S3. The predicted molar refractivity (Wildman–Crippen MR) is 429 cm³/mol. The number of anilines is 3. The Morgan fingerprint density at radius 3 is 1.25 bits per heavy atom. The van der Waals surface area contributed by atoms with Gasteiger partial charge < -0.3 is 45.3 Å². The third kappa shape index (κ3) is 18.5. The van der Waals surface area contributed by atoms with Crippen molar-refractivity contribution in [2.45, 2.75) is 226 Å². The molecule has 0 spiro atoms. The van der Waals surface area contributed by atoms with Crippen LogP contribution in [0, 0.1) is 5.82 Å². The molecule has 0 radical (unpaired) electrons. The number of rotatable bonds is 24. The number of aliphatic hydroxyl groups is 3. The van der Waals surface area contributed by atoms with Gasteiger partial charge in [-0.1, -0.05) is 83.2 Å². The number of aliphatic hydroxyl groups excluding tert-OH is 3. The number of nitrogens with zero attached hydrogens (tertiary/aromatic N) is 14. The molecule has 594 valence electrons. The fourth-order valence-electron chi connectivity index (χ4n) is 16.0. The molecule has 9 aromatic rings. The number of piperidine rings is 2. The van der Waals surface area contributed by atoms with E-state index in [2.05, 4.69) is 71.9 Å². The molecular weight excluding hydrogens is 1460 g/mol. The fraction of sp³-hybridized carbons (Fsp3) is 0.562. The number of halogens is 1. The Morgan fingerprint density at radius 1 is 0.436 bits per heavy atom. The summed E-state index contributed by atoms with van der Waals surface area (Å²) in [6, 6.07) is 19.2. The Bertz CT molecular complexity index is 4700. The number of unbranched alkanes of at least 4 members (excludes halogenated alkanes) is 3. The van der Waals surface area contributed by atoms with E-state index in [4.69, 9.17) is 20.1 Å². The zero-order chi connectivity index (χ0) is 77.1. The molecule has 0 unspecified atom stereocenters. The average Bonchev–Trinajstić information content (AvgIpc) is 1.57. The lowest BCUT2D eigenvalue weighted by molar-refractivity contribution is 0.109. The van der Waals surface area contributed by atoms with Gasteiger partial charge in [0.1, 0.15) is 27.7 Å². The highest BCUT2D eigenvalue weighted by Gasteiger charge is 2.34. The first-order valence-corrected chi connectivity index (χ1v) is 44.5. The lowest BCUT2D eigenvalue weighted by Crippen LogP contribution is -2.47. The summed E-state index contributed by atoms with van der Waals surface area (Å²) >= 11 is 0. The van der Waals surface area contributed by atoms with E-state index in [1.54, 1.807) is 45.1 Å². The van der Waals surface area contributed by atoms with E-state index in [0.29, 0.717) is 85.6 Å². The van der Waals surface area contributed by atoms with E-state index in [1.807, 2.05) is 54.6 Å². The predicted octanol–water partition coefficient (Wildman–Crippen LogP) is 13.2. The summed E-state index contributed by atoms with van der Waals surface area (Å²) in [5, 5.41) is 47.5. The number of likely N-dealkylation sites (N-methyl/N-ethyl adjacent to an activating group) is 1. The van der Waals surface area contributed by atoms with Gasteiger partial charge in [0, 0.05) is 143 Å². The Balaban J connectivity index is 0.000000145. The van der Waals surface area contributed by atoms with Gasteiger partial charge in [0.2, 0.25) is 47.9 Å². The molecule has 110 heavy (non-hydrogen) atoms. The van der Waals surface area contributed by atoms with Crippen molar-refractivity contribution < 1.29 is 45.0 Å². The number of hydrogen-bond acceptors (Lipinski definition) is 20. The lowest BCUT2D eigenvalue weighted by atomic mass is 9.93. The number of nitrogens with one attached hydrogen (secondary N) is 3. The van der Waals surface area contributed by atoms with Crippen LogP contribution in [-0.4, -0.2) is 205 Å². The van der Waals surface area contributed by atoms with E-state index in [9.17, 15) is 40.6 Å². The molecule has 3 aliphatic carbocycles. The number of piperazine rings is 1. The zero-order valence-corrected chi connectivity index (χ0v) is 66.6. The van der Waals surface area contributed by atoms with Crippen LogP contribution in [0.1, 0.15) is 193 Å². The third-order valence-electron chi connectivity index (χ3n) is 22.7. The molecule has 6 aromatic heterocycles. The van der Waals surface area contributed by atoms with Crippen LogP contribution in [0.3, 0.4) is 0 Å². The third-order valence-corrected chi connectivity index (χ3v) is 28.4. The highest BCUT2D eigenvalue weighted by molar-refractivity contribution is 7.89. The zero-order valence-electron chi connectivity index (χ0n) is 64.1. The molecule has 15 rings (SSSR count). The van der Waals surface area contributed by atoms with E-state index in [-0.39, 0.29) is 41.3 Å². The molecule has 3 saturated heterocycles. The second-order valence-corrected chi connectivity index (χ2v) is 36.3. The van der Waals surface area contributed by atoms with Gasteiger partial charge in [-0.05, 0) is 177 Å². The standard InChI is InChI=1S/C27H37FN6O3S.C27H37N5O3S.C26H36N6O3S/c1-3-4-11-29-27-30-17-22-23(18-34(26(22)31-27)20-6-8-21(35)9-7-20)19-5-10-25(24(28)16-19)38(36,37)33-14-12-32(2)13-15-33;1-2-3-15-28-27-29-18-24-25(19-32(26(24)30-27)21-9-11-22(33)12-10-21)20-7-13-23(14-8-20)36(34,35)31-16-5-4-6-17-31;1-2-3-15-27-26-28-18-23-24(30-32(25(23)29-26)20-9-11-21(33)12-10-20)19-7-13-22(14-8-19)36(34,35)31-16-5-4-6-17-31/h5,10,16-18,20-21,35H,3-4,6-9,11-15H2,1-2H3,(H,29,30,31);7-8,13-14,18-19,21-22,33H,2-6,9-12,15-17H2,1H3,(H,28,29,30);7-8,13-14,18,20-21,33H,2-6,9-12,15-17H2,1H3,(H,27,28,29). The van der Waals surface area contributed by atoms with Crippen LogP contribution in [0.5, 0.6) is 0 Å². The van der Waals surface area contributed by atoms with Crippen molar-refractivity contribution in [1.82, 2.24) is 66.6 Å². The molecule has 0 bridgehead atoms. The molecule has 0 atom stereocenters. The average molecular weight is 1570 g/mol. The lowest BCUT2D eigenvalue weighted by Gasteiger charge is -2.31. The largest absolute Gasteiger partial charge is 0.393 e. The summed E-state index contributed by atoms with van der Waals surface area (Å²) in [6.45, 7) is 13.1. The van der Waals surface area contributed by atoms with Crippen molar-refractivity contribution in [3.8, 4) is 33.5 Å². The summed E-state index contributed by atoms with van der Waals surface area (Å²) in [5.41, 5.74) is 7.27. The molecule has 26 nitrogen and oxygen atoms in total. The normalized spacial score (nSPS) is 21.6. The van der Waals surface area contributed by atoms with Crippen molar-refractivity contribution in [1.29, 1.82) is 0 Å². The van der Waals surface area contributed by atoms with Gasteiger partial charge in [-0.3, -0.25) is 0 Å². The molecule has 6 fully saturated rings. The number of benzene rings is 3. The van der Waals surface area contributed by atoms with E-state index >= 15 is 4.39 Å².